The molecule has 6 heteroatoms. The Morgan fingerprint density at radius 1 is 1.37 bits per heavy atom. The van der Waals surface area contributed by atoms with Crippen molar-refractivity contribution in [2.75, 3.05) is 0 Å². The third-order valence-electron chi connectivity index (χ3n) is 2.78. The molecule has 1 aromatic heterocycles. The first kappa shape index (κ1) is 13.6. The number of nitrogens with two attached hydrogens (primary N) is 1. The Morgan fingerprint density at radius 3 is 2.68 bits per heavy atom. The summed E-state index contributed by atoms with van der Waals surface area (Å²) < 4.78 is 39.3. The quantitative estimate of drug-likeness (QED) is 0.931. The molecule has 0 spiro atoms. The van der Waals surface area contributed by atoms with Gasteiger partial charge in [-0.3, -0.25) is 4.68 Å². The Morgan fingerprint density at radius 2 is 2.11 bits per heavy atom. The number of aromatic nitrogens is 2. The molecule has 19 heavy (non-hydrogen) atoms. The van der Waals surface area contributed by atoms with Crippen molar-refractivity contribution in [2.24, 2.45) is 5.73 Å². The molecule has 2 aromatic rings. The van der Waals surface area contributed by atoms with Gasteiger partial charge < -0.3 is 5.73 Å². The monoisotopic (exact) mass is 269 g/mol. The highest BCUT2D eigenvalue weighted by molar-refractivity contribution is 5.26. The minimum atomic E-state index is -4.32. The lowest BCUT2D eigenvalue weighted by molar-refractivity contribution is -0.137. The molecule has 0 saturated carbocycles. The van der Waals surface area contributed by atoms with E-state index in [0.717, 1.165) is 17.7 Å². The molecule has 0 aliphatic carbocycles. The van der Waals surface area contributed by atoms with E-state index in [9.17, 15) is 13.2 Å². The highest BCUT2D eigenvalue weighted by atomic mass is 19.4. The molecule has 102 valence electrons. The molecule has 1 aromatic carbocycles. The molecule has 0 fully saturated rings. The van der Waals surface area contributed by atoms with Crippen LogP contribution in [0.15, 0.2) is 36.7 Å². The normalized spacial score (nSPS) is 13.5. The lowest BCUT2D eigenvalue weighted by atomic mass is 10.1. The van der Waals surface area contributed by atoms with Gasteiger partial charge in [0.2, 0.25) is 0 Å². The zero-order chi connectivity index (χ0) is 14.0. The van der Waals surface area contributed by atoms with Crippen molar-refractivity contribution in [3.05, 3.63) is 53.3 Å². The molecule has 3 nitrogen and oxygen atoms in total. The molecule has 0 amide bonds. The average molecular weight is 269 g/mol. The molecule has 0 saturated heterocycles. The van der Waals surface area contributed by atoms with Gasteiger partial charge in [0.05, 0.1) is 18.3 Å². The van der Waals surface area contributed by atoms with Gasteiger partial charge in [-0.2, -0.15) is 18.3 Å². The predicted molar refractivity (Wildman–Crippen MR) is 65.4 cm³/mol. The Kier molecular flexibility index (Phi) is 3.61. The Labute approximate surface area is 108 Å². The van der Waals surface area contributed by atoms with E-state index in [-0.39, 0.29) is 12.6 Å². The highest BCUT2D eigenvalue weighted by Gasteiger charge is 2.30. The summed E-state index contributed by atoms with van der Waals surface area (Å²) in [6.07, 6.45) is -0.958. The van der Waals surface area contributed by atoms with E-state index in [0.29, 0.717) is 5.56 Å². The third-order valence-corrected chi connectivity index (χ3v) is 2.78. The number of benzene rings is 1. The number of nitrogens with zero attached hydrogens (tertiary/aromatic N) is 2. The van der Waals surface area contributed by atoms with E-state index < -0.39 is 11.7 Å². The van der Waals surface area contributed by atoms with Gasteiger partial charge in [0, 0.05) is 17.8 Å². The minimum Gasteiger partial charge on any atom is -0.324 e. The molecular weight excluding hydrogens is 255 g/mol. The molecule has 0 aliphatic rings. The number of halogens is 3. The Bertz CT molecular complexity index is 558. The van der Waals surface area contributed by atoms with Crippen LogP contribution in [0.2, 0.25) is 0 Å². The second kappa shape index (κ2) is 5.05. The van der Waals surface area contributed by atoms with Crippen LogP contribution in [0.5, 0.6) is 0 Å². The van der Waals surface area contributed by atoms with Crippen molar-refractivity contribution in [1.82, 2.24) is 9.78 Å². The lowest BCUT2D eigenvalue weighted by Gasteiger charge is -2.08. The third kappa shape index (κ3) is 3.35. The first-order valence-electron chi connectivity index (χ1n) is 5.80. The van der Waals surface area contributed by atoms with Gasteiger partial charge in [0.25, 0.3) is 0 Å². The van der Waals surface area contributed by atoms with Crippen molar-refractivity contribution in [1.29, 1.82) is 0 Å². The van der Waals surface area contributed by atoms with Gasteiger partial charge in [0.15, 0.2) is 0 Å². The van der Waals surface area contributed by atoms with Gasteiger partial charge in [-0.25, -0.2) is 0 Å². The fraction of sp³-hybridized carbons (Fsp3) is 0.308. The molecule has 2 N–H and O–H groups in total. The SMILES string of the molecule is CC(N)c1cnn(Cc2cccc(C(F)(F)F)c2)c1. The molecule has 0 radical (unpaired) electrons. The number of rotatable bonds is 3. The average Bonchev–Trinajstić information content (AvgIpc) is 2.77. The van der Waals surface area contributed by atoms with Crippen LogP contribution >= 0.6 is 0 Å². The second-order valence-electron chi connectivity index (χ2n) is 4.46. The van der Waals surface area contributed by atoms with E-state index in [4.69, 9.17) is 5.73 Å². The van der Waals surface area contributed by atoms with Gasteiger partial charge in [-0.1, -0.05) is 12.1 Å². The molecular formula is C13H14F3N3. The fourth-order valence-electron chi connectivity index (χ4n) is 1.73. The largest absolute Gasteiger partial charge is 0.416 e. The number of hydrogen-bond acceptors (Lipinski definition) is 2. The first-order chi connectivity index (χ1) is 8.86. The van der Waals surface area contributed by atoms with Gasteiger partial charge in [-0.05, 0) is 24.6 Å². The minimum absolute atomic E-state index is 0.143. The topological polar surface area (TPSA) is 43.8 Å². The maximum atomic E-state index is 12.6. The van der Waals surface area contributed by atoms with Gasteiger partial charge in [-0.15, -0.1) is 0 Å². The maximum Gasteiger partial charge on any atom is 0.416 e. The standard InChI is InChI=1S/C13H14F3N3/c1-9(17)11-6-18-19(8-11)7-10-3-2-4-12(5-10)13(14,15)16/h2-6,8-9H,7,17H2,1H3. The van der Waals surface area contributed by atoms with Crippen LogP contribution in [-0.2, 0) is 12.7 Å². The summed E-state index contributed by atoms with van der Waals surface area (Å²) in [7, 11) is 0. The molecule has 1 heterocycles. The summed E-state index contributed by atoms with van der Waals surface area (Å²) in [5.74, 6) is 0. The van der Waals surface area contributed by atoms with E-state index in [1.54, 1.807) is 23.1 Å². The van der Waals surface area contributed by atoms with Crippen LogP contribution in [0.1, 0.15) is 29.7 Å². The Hall–Kier alpha value is -1.82. The van der Waals surface area contributed by atoms with Crippen LogP contribution in [0.4, 0.5) is 13.2 Å². The van der Waals surface area contributed by atoms with Crippen molar-refractivity contribution < 1.29 is 13.2 Å². The molecule has 1 atom stereocenters. The lowest BCUT2D eigenvalue weighted by Crippen LogP contribution is -2.07. The van der Waals surface area contributed by atoms with Gasteiger partial charge >= 0.3 is 6.18 Å². The summed E-state index contributed by atoms with van der Waals surface area (Å²) in [5, 5.41) is 4.08. The van der Waals surface area contributed by atoms with Crippen molar-refractivity contribution in [3.8, 4) is 0 Å². The van der Waals surface area contributed by atoms with Crippen LogP contribution in [-0.4, -0.2) is 9.78 Å². The van der Waals surface area contributed by atoms with Crippen molar-refractivity contribution in [3.63, 3.8) is 0 Å². The van der Waals surface area contributed by atoms with E-state index in [1.165, 1.54) is 6.07 Å². The number of hydrogen-bond donors (Lipinski definition) is 1. The second-order valence-corrected chi connectivity index (χ2v) is 4.46. The Balaban J connectivity index is 2.19. The molecule has 0 aliphatic heterocycles. The molecule has 0 bridgehead atoms. The summed E-state index contributed by atoms with van der Waals surface area (Å²) in [5.41, 5.74) is 6.45. The predicted octanol–water partition coefficient (Wildman–Crippen LogP) is 2.97. The summed E-state index contributed by atoms with van der Waals surface area (Å²) in [6.45, 7) is 2.11. The van der Waals surface area contributed by atoms with E-state index >= 15 is 0 Å². The fourth-order valence-corrected chi connectivity index (χ4v) is 1.73. The van der Waals surface area contributed by atoms with Crippen LogP contribution in [0, 0.1) is 0 Å². The van der Waals surface area contributed by atoms with Crippen LogP contribution < -0.4 is 5.73 Å². The summed E-state index contributed by atoms with van der Waals surface area (Å²) in [4.78, 5) is 0. The van der Waals surface area contributed by atoms with E-state index in [1.807, 2.05) is 6.92 Å². The van der Waals surface area contributed by atoms with Gasteiger partial charge in [0.1, 0.15) is 0 Å². The molecule has 1 unspecified atom stereocenters. The maximum absolute atomic E-state index is 12.6. The first-order valence-corrected chi connectivity index (χ1v) is 5.80. The molecule has 2 rings (SSSR count). The van der Waals surface area contributed by atoms with Crippen molar-refractivity contribution in [2.45, 2.75) is 25.7 Å². The smallest absolute Gasteiger partial charge is 0.324 e. The zero-order valence-corrected chi connectivity index (χ0v) is 10.4. The zero-order valence-electron chi connectivity index (χ0n) is 10.4. The highest BCUT2D eigenvalue weighted by Crippen LogP contribution is 2.29. The summed E-state index contributed by atoms with van der Waals surface area (Å²) in [6, 6.07) is 5.08. The van der Waals surface area contributed by atoms with Crippen molar-refractivity contribution >= 4 is 0 Å². The summed E-state index contributed by atoms with van der Waals surface area (Å²) >= 11 is 0. The number of alkyl halides is 3. The van der Waals surface area contributed by atoms with Crippen LogP contribution in [0.3, 0.4) is 0 Å². The van der Waals surface area contributed by atoms with Crippen LogP contribution in [0.25, 0.3) is 0 Å². The van der Waals surface area contributed by atoms with E-state index in [2.05, 4.69) is 5.10 Å².